The number of aliphatic hydroxyl groups excluding tert-OH is 6. The van der Waals surface area contributed by atoms with Crippen LogP contribution in [-0.2, 0) is 4.79 Å². The number of rotatable bonds is 17. The Labute approximate surface area is 194 Å². The third kappa shape index (κ3) is 14.2. The summed E-state index contributed by atoms with van der Waals surface area (Å²) in [6.45, 7) is 0.261. The minimum absolute atomic E-state index is 0. The molecule has 0 radical (unpaired) electrons. The van der Waals surface area contributed by atoms with Gasteiger partial charge in [0.15, 0.2) is 6.10 Å². The summed E-state index contributed by atoms with van der Waals surface area (Å²) in [7, 11) is 0. The van der Waals surface area contributed by atoms with Crippen LogP contribution in [-0.4, -0.2) is 117 Å². The summed E-state index contributed by atoms with van der Waals surface area (Å²) in [6, 6.07) is 0. The second-order valence-electron chi connectivity index (χ2n) is 6.87. The van der Waals surface area contributed by atoms with Crippen molar-refractivity contribution in [2.45, 2.75) is 101 Å². The molecule has 27 heavy (non-hydrogen) atoms. The number of hydrogen-bond donors (Lipinski definition) is 7. The summed E-state index contributed by atoms with van der Waals surface area (Å²) in [6.07, 6.45) is 1.12. The van der Waals surface area contributed by atoms with Crippen molar-refractivity contribution in [2.24, 2.45) is 0 Å². The number of carboxylic acid groups (broad SMARTS) is 1. The van der Waals surface area contributed by atoms with E-state index in [4.69, 9.17) is 15.3 Å². The average Bonchev–Trinajstić information content (AvgIpc) is 2.63. The van der Waals surface area contributed by atoms with Crippen LogP contribution in [0.4, 0.5) is 0 Å². The molecule has 0 rings (SSSR count). The molecule has 0 aliphatic heterocycles. The normalized spacial score (nSPS) is 16.8. The van der Waals surface area contributed by atoms with E-state index < -0.39 is 36.5 Å². The molecular formula is C18H38CaO8. The molecule has 0 bridgehead atoms. The van der Waals surface area contributed by atoms with E-state index in [1.165, 1.54) is 12.8 Å². The van der Waals surface area contributed by atoms with E-state index in [-0.39, 0.29) is 53.6 Å². The summed E-state index contributed by atoms with van der Waals surface area (Å²) in [5, 5.41) is 65.1. The van der Waals surface area contributed by atoms with Gasteiger partial charge < -0.3 is 38.6 Å². The van der Waals surface area contributed by atoms with Crippen LogP contribution in [0.3, 0.4) is 0 Å². The number of hydrogen-bond acceptors (Lipinski definition) is 7. The molecular weight excluding hydrogens is 384 g/mol. The SMILES string of the molecule is O=C(O)C(O)C(O)C(O)C(O)C(O)CCCCCCCCCCCCO.[Ca+2].[H-].[H-]. The van der Waals surface area contributed by atoms with Crippen molar-refractivity contribution in [1.29, 1.82) is 0 Å². The van der Waals surface area contributed by atoms with Gasteiger partial charge in [0.25, 0.3) is 0 Å². The summed E-state index contributed by atoms with van der Waals surface area (Å²) < 4.78 is 0. The number of unbranched alkanes of at least 4 members (excludes halogenated alkanes) is 9. The van der Waals surface area contributed by atoms with Gasteiger partial charge in [-0.3, -0.25) is 0 Å². The molecule has 0 spiro atoms. The monoisotopic (exact) mass is 422 g/mol. The summed E-state index contributed by atoms with van der Waals surface area (Å²) in [5.41, 5.74) is 0. The first-order valence-corrected chi connectivity index (χ1v) is 9.57. The average molecular weight is 423 g/mol. The van der Waals surface area contributed by atoms with Gasteiger partial charge in [0.1, 0.15) is 18.3 Å². The Kier molecular flexibility index (Phi) is 20.4. The minimum Gasteiger partial charge on any atom is -1.00 e. The Morgan fingerprint density at radius 1 is 0.667 bits per heavy atom. The number of aliphatic hydroxyl groups is 6. The zero-order chi connectivity index (χ0) is 19.9. The Hall–Kier alpha value is 0.490. The fraction of sp³-hybridized carbons (Fsp3) is 0.944. The van der Waals surface area contributed by atoms with Gasteiger partial charge in [-0.05, 0) is 12.8 Å². The van der Waals surface area contributed by atoms with Crippen LogP contribution in [0.25, 0.3) is 0 Å². The molecule has 0 aliphatic rings. The first-order valence-electron chi connectivity index (χ1n) is 9.57. The second-order valence-corrected chi connectivity index (χ2v) is 6.87. The van der Waals surface area contributed by atoms with E-state index >= 15 is 0 Å². The number of carbonyl (C=O) groups is 1. The van der Waals surface area contributed by atoms with Gasteiger partial charge in [-0.25, -0.2) is 4.79 Å². The third-order valence-corrected chi connectivity index (χ3v) is 4.58. The minimum atomic E-state index is -2.23. The van der Waals surface area contributed by atoms with Crippen molar-refractivity contribution < 1.29 is 43.4 Å². The predicted octanol–water partition coefficient (Wildman–Crippen LogP) is 0.00310. The van der Waals surface area contributed by atoms with Crippen molar-refractivity contribution >= 4 is 43.7 Å². The van der Waals surface area contributed by atoms with Gasteiger partial charge in [-0.2, -0.15) is 0 Å². The molecule has 5 atom stereocenters. The molecule has 160 valence electrons. The molecule has 0 aromatic rings. The number of aliphatic carboxylic acids is 1. The van der Waals surface area contributed by atoms with Crippen molar-refractivity contribution in [2.75, 3.05) is 6.61 Å². The second kappa shape index (κ2) is 18.5. The van der Waals surface area contributed by atoms with E-state index in [0.29, 0.717) is 6.42 Å². The molecule has 0 amide bonds. The Morgan fingerprint density at radius 2 is 1.07 bits per heavy atom. The zero-order valence-electron chi connectivity index (χ0n) is 18.1. The van der Waals surface area contributed by atoms with Crippen molar-refractivity contribution in [3.63, 3.8) is 0 Å². The van der Waals surface area contributed by atoms with Crippen LogP contribution in [0.2, 0.25) is 0 Å². The quantitative estimate of drug-likeness (QED) is 0.127. The summed E-state index contributed by atoms with van der Waals surface area (Å²) >= 11 is 0. The fourth-order valence-corrected chi connectivity index (χ4v) is 2.81. The first-order chi connectivity index (χ1) is 12.3. The molecule has 8 nitrogen and oxygen atoms in total. The van der Waals surface area contributed by atoms with Crippen LogP contribution in [0.15, 0.2) is 0 Å². The van der Waals surface area contributed by atoms with Gasteiger partial charge in [0.05, 0.1) is 6.10 Å². The first kappa shape index (κ1) is 29.7. The maximum atomic E-state index is 10.5. The largest absolute Gasteiger partial charge is 2.00 e. The van der Waals surface area contributed by atoms with Crippen molar-refractivity contribution in [1.82, 2.24) is 0 Å². The van der Waals surface area contributed by atoms with Gasteiger partial charge >= 0.3 is 43.7 Å². The number of carboxylic acids is 1. The summed E-state index contributed by atoms with van der Waals surface area (Å²) in [5.74, 6) is -1.72. The molecule has 9 heteroatoms. The predicted molar refractivity (Wildman–Crippen MR) is 104 cm³/mol. The maximum Gasteiger partial charge on any atom is 2.00 e. The fourth-order valence-electron chi connectivity index (χ4n) is 2.81. The van der Waals surface area contributed by atoms with E-state index in [1.54, 1.807) is 0 Å². The van der Waals surface area contributed by atoms with Gasteiger partial charge in [-0.15, -0.1) is 0 Å². The zero-order valence-corrected chi connectivity index (χ0v) is 18.3. The van der Waals surface area contributed by atoms with Crippen LogP contribution in [0.5, 0.6) is 0 Å². The third-order valence-electron chi connectivity index (χ3n) is 4.58. The standard InChI is InChI=1S/C18H36O8.Ca.2H/c19-12-10-8-6-4-2-1-3-5-7-9-11-13(20)14(21)15(22)16(23)17(24)18(25)26;;;/h13-17,19-24H,1-12H2,(H,25,26);;;/q;+2;2*-1. The van der Waals surface area contributed by atoms with Crippen LogP contribution < -0.4 is 0 Å². The maximum absolute atomic E-state index is 10.5. The molecule has 5 unspecified atom stereocenters. The Balaban J connectivity index is -0.00000104. The smallest absolute Gasteiger partial charge is 1.00 e. The molecule has 0 saturated heterocycles. The molecule has 0 aliphatic carbocycles. The van der Waals surface area contributed by atoms with Crippen LogP contribution in [0, 0.1) is 0 Å². The molecule has 0 aromatic heterocycles. The van der Waals surface area contributed by atoms with Crippen LogP contribution in [0.1, 0.15) is 73.5 Å². The van der Waals surface area contributed by atoms with Crippen molar-refractivity contribution in [3.8, 4) is 0 Å². The molecule has 7 N–H and O–H groups in total. The summed E-state index contributed by atoms with van der Waals surface area (Å²) in [4.78, 5) is 10.5. The van der Waals surface area contributed by atoms with E-state index in [9.17, 15) is 25.2 Å². The molecule has 0 heterocycles. The van der Waals surface area contributed by atoms with E-state index in [2.05, 4.69) is 0 Å². The van der Waals surface area contributed by atoms with Gasteiger partial charge in [-0.1, -0.05) is 57.8 Å². The van der Waals surface area contributed by atoms with Gasteiger partial charge in [0, 0.05) is 6.61 Å². The van der Waals surface area contributed by atoms with Gasteiger partial charge in [0.2, 0.25) is 0 Å². The molecule has 0 aromatic carbocycles. The van der Waals surface area contributed by atoms with Crippen LogP contribution >= 0.6 is 0 Å². The topological polar surface area (TPSA) is 159 Å². The van der Waals surface area contributed by atoms with Crippen molar-refractivity contribution in [3.05, 3.63) is 0 Å². The Morgan fingerprint density at radius 3 is 1.48 bits per heavy atom. The molecule has 0 saturated carbocycles. The van der Waals surface area contributed by atoms with E-state index in [0.717, 1.165) is 44.9 Å². The van der Waals surface area contributed by atoms with E-state index in [1.807, 2.05) is 0 Å². The Bertz CT molecular complexity index is 369. The molecule has 0 fully saturated rings.